The highest BCUT2D eigenvalue weighted by atomic mass is 16.4. The van der Waals surface area contributed by atoms with Crippen molar-refractivity contribution in [2.24, 2.45) is 0 Å². The lowest BCUT2D eigenvalue weighted by Crippen LogP contribution is -1.96. The number of hydrogen-bond donors (Lipinski definition) is 1. The molecule has 4 aromatic rings. The molecule has 0 heterocycles. The van der Waals surface area contributed by atoms with Gasteiger partial charge in [-0.05, 0) is 57.2 Å². The number of rotatable bonds is 5. The Labute approximate surface area is 158 Å². The van der Waals surface area contributed by atoms with Gasteiger partial charge < -0.3 is 5.11 Å². The van der Waals surface area contributed by atoms with Crippen molar-refractivity contribution >= 4 is 33.1 Å². The van der Waals surface area contributed by atoms with E-state index in [2.05, 4.69) is 54.6 Å². The molecular weight excluding hydrogens is 332 g/mol. The molecule has 0 unspecified atom stereocenters. The van der Waals surface area contributed by atoms with E-state index >= 15 is 0 Å². The Bertz CT molecular complexity index is 1160. The molecule has 0 aliphatic heterocycles. The zero-order valence-corrected chi connectivity index (χ0v) is 14.9. The minimum Gasteiger partial charge on any atom is -0.478 e. The van der Waals surface area contributed by atoms with Crippen LogP contribution in [0.1, 0.15) is 17.5 Å². The number of carboxylic acid groups (broad SMARTS) is 1. The second-order valence-electron chi connectivity index (χ2n) is 6.75. The van der Waals surface area contributed by atoms with Crippen LogP contribution in [-0.2, 0) is 11.2 Å². The van der Waals surface area contributed by atoms with E-state index in [9.17, 15) is 9.90 Å². The first-order valence-corrected chi connectivity index (χ1v) is 9.09. The minimum atomic E-state index is -0.906. The average molecular weight is 352 g/mol. The van der Waals surface area contributed by atoms with E-state index < -0.39 is 5.97 Å². The molecule has 0 aromatic heterocycles. The number of benzene rings is 4. The fourth-order valence-corrected chi connectivity index (χ4v) is 3.51. The van der Waals surface area contributed by atoms with E-state index in [1.54, 1.807) is 0 Å². The summed E-state index contributed by atoms with van der Waals surface area (Å²) in [6, 6.07) is 29.0. The van der Waals surface area contributed by atoms with Crippen LogP contribution in [0.15, 0.2) is 91.0 Å². The smallest absolute Gasteiger partial charge is 0.328 e. The normalized spacial score (nSPS) is 11.8. The van der Waals surface area contributed by atoms with Crippen molar-refractivity contribution in [2.75, 3.05) is 0 Å². The molecule has 0 saturated carbocycles. The molecule has 0 fully saturated rings. The summed E-state index contributed by atoms with van der Waals surface area (Å²) in [7, 11) is 0. The molecule has 1 N–H and O–H groups in total. The largest absolute Gasteiger partial charge is 0.478 e. The molecule has 0 radical (unpaired) electrons. The van der Waals surface area contributed by atoms with Gasteiger partial charge in [0, 0.05) is 6.08 Å². The maximum atomic E-state index is 11.4. The van der Waals surface area contributed by atoms with Gasteiger partial charge in [0.15, 0.2) is 0 Å². The number of fused-ring (bicyclic) bond motifs is 2. The highest BCUT2D eigenvalue weighted by Gasteiger charge is 2.07. The van der Waals surface area contributed by atoms with E-state index in [1.165, 1.54) is 22.4 Å². The van der Waals surface area contributed by atoms with Gasteiger partial charge in [-0.1, -0.05) is 78.9 Å². The van der Waals surface area contributed by atoms with Crippen LogP contribution in [-0.4, -0.2) is 11.1 Å². The molecule has 27 heavy (non-hydrogen) atoms. The van der Waals surface area contributed by atoms with Crippen molar-refractivity contribution in [1.29, 1.82) is 0 Å². The summed E-state index contributed by atoms with van der Waals surface area (Å²) in [5.41, 5.74) is 3.03. The first kappa shape index (κ1) is 17.0. The Morgan fingerprint density at radius 2 is 1.33 bits per heavy atom. The van der Waals surface area contributed by atoms with Crippen LogP contribution in [0.2, 0.25) is 0 Å². The van der Waals surface area contributed by atoms with Gasteiger partial charge >= 0.3 is 5.97 Å². The highest BCUT2D eigenvalue weighted by Crippen LogP contribution is 2.26. The summed E-state index contributed by atoms with van der Waals surface area (Å²) in [5.74, 6) is -0.906. The maximum absolute atomic E-state index is 11.4. The van der Waals surface area contributed by atoms with E-state index in [0.717, 1.165) is 28.3 Å². The first-order valence-electron chi connectivity index (χ1n) is 9.09. The molecule has 2 nitrogen and oxygen atoms in total. The number of aryl methyl sites for hydroxylation is 1. The van der Waals surface area contributed by atoms with Crippen LogP contribution in [0.3, 0.4) is 0 Å². The van der Waals surface area contributed by atoms with Crippen molar-refractivity contribution in [2.45, 2.75) is 12.8 Å². The van der Waals surface area contributed by atoms with E-state index in [0.29, 0.717) is 6.42 Å². The fraction of sp³-hybridized carbons (Fsp3) is 0.0800. The van der Waals surface area contributed by atoms with Crippen molar-refractivity contribution in [3.8, 4) is 0 Å². The summed E-state index contributed by atoms with van der Waals surface area (Å²) < 4.78 is 0. The lowest BCUT2D eigenvalue weighted by molar-refractivity contribution is -0.131. The molecule has 0 aliphatic rings. The second-order valence-corrected chi connectivity index (χ2v) is 6.75. The SMILES string of the molecule is O=C(O)/C=C(\CCc1ccc2ccccc2c1)c1ccc2ccccc2c1. The predicted octanol–water partition coefficient (Wildman–Crippen LogP) is 6.09. The molecular formula is C25H20O2. The quantitative estimate of drug-likeness (QED) is 0.441. The van der Waals surface area contributed by atoms with E-state index in [-0.39, 0.29) is 0 Å². The summed E-state index contributed by atoms with van der Waals surface area (Å²) in [4.78, 5) is 11.4. The molecule has 4 aromatic carbocycles. The standard InChI is InChI=1S/C25H20O2/c26-25(27)17-24(23-14-13-20-6-2-4-8-22(20)16-23)12-10-18-9-11-19-5-1-3-7-21(19)15-18/h1-9,11,13-17H,10,12H2,(H,26,27)/b24-17+. The fourth-order valence-electron chi connectivity index (χ4n) is 3.51. The third kappa shape index (κ3) is 3.90. The molecule has 132 valence electrons. The maximum Gasteiger partial charge on any atom is 0.328 e. The van der Waals surface area contributed by atoms with Crippen molar-refractivity contribution in [3.63, 3.8) is 0 Å². The molecule has 0 aliphatic carbocycles. The summed E-state index contributed by atoms with van der Waals surface area (Å²) in [6.07, 6.45) is 2.82. The van der Waals surface area contributed by atoms with Gasteiger partial charge in [-0.25, -0.2) is 4.79 Å². The lowest BCUT2D eigenvalue weighted by Gasteiger charge is -2.10. The van der Waals surface area contributed by atoms with Crippen molar-refractivity contribution < 1.29 is 9.90 Å². The third-order valence-corrected chi connectivity index (χ3v) is 4.91. The average Bonchev–Trinajstić information content (AvgIpc) is 2.70. The molecule has 0 amide bonds. The van der Waals surface area contributed by atoms with Gasteiger partial charge in [0.25, 0.3) is 0 Å². The van der Waals surface area contributed by atoms with Crippen LogP contribution in [0.5, 0.6) is 0 Å². The van der Waals surface area contributed by atoms with Gasteiger partial charge in [-0.2, -0.15) is 0 Å². The molecule has 4 rings (SSSR count). The zero-order chi connectivity index (χ0) is 18.6. The van der Waals surface area contributed by atoms with Gasteiger partial charge in [0.2, 0.25) is 0 Å². The third-order valence-electron chi connectivity index (χ3n) is 4.91. The molecule has 2 heteroatoms. The Morgan fingerprint density at radius 3 is 2.00 bits per heavy atom. The van der Waals surface area contributed by atoms with Gasteiger partial charge in [-0.3, -0.25) is 0 Å². The number of aliphatic carboxylic acids is 1. The van der Waals surface area contributed by atoms with Crippen LogP contribution in [0.4, 0.5) is 0 Å². The number of allylic oxidation sites excluding steroid dienone is 1. The Kier molecular flexibility index (Phi) is 4.71. The van der Waals surface area contributed by atoms with Gasteiger partial charge in [0.05, 0.1) is 0 Å². The van der Waals surface area contributed by atoms with Crippen LogP contribution >= 0.6 is 0 Å². The minimum absolute atomic E-state index is 0.684. The van der Waals surface area contributed by atoms with E-state index in [4.69, 9.17) is 0 Å². The topological polar surface area (TPSA) is 37.3 Å². The molecule has 0 spiro atoms. The number of carbonyl (C=O) groups is 1. The monoisotopic (exact) mass is 352 g/mol. The van der Waals surface area contributed by atoms with Crippen molar-refractivity contribution in [3.05, 3.63) is 102 Å². The molecule has 0 atom stereocenters. The number of carboxylic acids is 1. The zero-order valence-electron chi connectivity index (χ0n) is 14.9. The molecule has 0 saturated heterocycles. The lowest BCUT2D eigenvalue weighted by atomic mass is 9.95. The van der Waals surface area contributed by atoms with Crippen LogP contribution in [0.25, 0.3) is 27.1 Å². The van der Waals surface area contributed by atoms with Crippen LogP contribution < -0.4 is 0 Å². The summed E-state index contributed by atoms with van der Waals surface area (Å²) >= 11 is 0. The van der Waals surface area contributed by atoms with Crippen molar-refractivity contribution in [1.82, 2.24) is 0 Å². The molecule has 0 bridgehead atoms. The van der Waals surface area contributed by atoms with Gasteiger partial charge in [0.1, 0.15) is 0 Å². The second kappa shape index (κ2) is 7.46. The Balaban J connectivity index is 1.62. The first-order chi connectivity index (χ1) is 13.2. The Morgan fingerprint density at radius 1 is 0.741 bits per heavy atom. The number of hydrogen-bond acceptors (Lipinski definition) is 1. The van der Waals surface area contributed by atoms with E-state index in [1.807, 2.05) is 30.3 Å². The predicted molar refractivity (Wildman–Crippen MR) is 112 cm³/mol. The highest BCUT2D eigenvalue weighted by molar-refractivity contribution is 5.93. The summed E-state index contributed by atoms with van der Waals surface area (Å²) in [6.45, 7) is 0. The van der Waals surface area contributed by atoms with Gasteiger partial charge in [-0.15, -0.1) is 0 Å². The Hall–Kier alpha value is -3.39. The summed E-state index contributed by atoms with van der Waals surface area (Å²) in [5, 5.41) is 14.0. The van der Waals surface area contributed by atoms with Crippen LogP contribution in [0, 0.1) is 0 Å².